The van der Waals surface area contributed by atoms with Gasteiger partial charge in [0, 0.05) is 46.9 Å². The fourth-order valence-electron chi connectivity index (χ4n) is 2.42. The van der Waals surface area contributed by atoms with Gasteiger partial charge in [-0.05, 0) is 25.8 Å². The van der Waals surface area contributed by atoms with E-state index in [-0.39, 0.29) is 30.1 Å². The van der Waals surface area contributed by atoms with Crippen molar-refractivity contribution in [2.45, 2.75) is 18.9 Å². The Kier molecular flexibility index (Phi) is 9.62. The van der Waals surface area contributed by atoms with E-state index < -0.39 is 0 Å². The van der Waals surface area contributed by atoms with Gasteiger partial charge in [0.15, 0.2) is 5.96 Å². The lowest BCUT2D eigenvalue weighted by molar-refractivity contribution is -0.0163. The van der Waals surface area contributed by atoms with Crippen LogP contribution in [-0.2, 0) is 9.47 Å². The molecule has 6 nitrogen and oxygen atoms in total. The van der Waals surface area contributed by atoms with Crippen molar-refractivity contribution in [3.63, 3.8) is 0 Å². The molecule has 22 heavy (non-hydrogen) atoms. The standard InChI is InChI=1S/C15H30N4O2.HI/c1-16-15(17-10-14-11-18(2)6-9-21-14)19(3)7-8-20-12-13-4-5-13;/h13-14H,4-12H2,1-3H3,(H,16,17);1H. The first kappa shape index (κ1) is 19.9. The summed E-state index contributed by atoms with van der Waals surface area (Å²) in [4.78, 5) is 8.73. The predicted molar refractivity (Wildman–Crippen MR) is 100 cm³/mol. The fraction of sp³-hybridized carbons (Fsp3) is 0.933. The van der Waals surface area contributed by atoms with Crippen molar-refractivity contribution < 1.29 is 9.47 Å². The Morgan fingerprint density at radius 2 is 2.23 bits per heavy atom. The van der Waals surface area contributed by atoms with Crippen LogP contribution in [0, 0.1) is 5.92 Å². The van der Waals surface area contributed by atoms with E-state index in [1.54, 1.807) is 0 Å². The molecule has 0 amide bonds. The molecule has 0 aromatic rings. The van der Waals surface area contributed by atoms with Crippen LogP contribution in [0.2, 0.25) is 0 Å². The van der Waals surface area contributed by atoms with Crippen molar-refractivity contribution in [1.82, 2.24) is 15.1 Å². The summed E-state index contributed by atoms with van der Waals surface area (Å²) in [6, 6.07) is 0. The van der Waals surface area contributed by atoms with Crippen LogP contribution in [0.4, 0.5) is 0 Å². The third-order valence-corrected chi connectivity index (χ3v) is 4.02. The molecule has 1 heterocycles. The van der Waals surface area contributed by atoms with Crippen LogP contribution >= 0.6 is 24.0 Å². The van der Waals surface area contributed by atoms with Gasteiger partial charge in [0.1, 0.15) is 0 Å². The van der Waals surface area contributed by atoms with E-state index in [2.05, 4.69) is 27.2 Å². The van der Waals surface area contributed by atoms with E-state index in [4.69, 9.17) is 9.47 Å². The van der Waals surface area contributed by atoms with E-state index >= 15 is 0 Å². The summed E-state index contributed by atoms with van der Waals surface area (Å²) in [5.74, 6) is 1.73. The maximum atomic E-state index is 5.75. The minimum atomic E-state index is 0. The van der Waals surface area contributed by atoms with Gasteiger partial charge in [-0.25, -0.2) is 0 Å². The Hall–Kier alpha value is -0.120. The van der Waals surface area contributed by atoms with Crippen molar-refractivity contribution in [2.75, 3.05) is 67.1 Å². The maximum absolute atomic E-state index is 5.75. The number of guanidine groups is 1. The smallest absolute Gasteiger partial charge is 0.193 e. The molecule has 2 fully saturated rings. The number of rotatable bonds is 7. The van der Waals surface area contributed by atoms with Gasteiger partial charge in [-0.3, -0.25) is 4.99 Å². The van der Waals surface area contributed by atoms with Crippen LogP contribution in [0.5, 0.6) is 0 Å². The molecule has 2 aliphatic rings. The number of ether oxygens (including phenoxy) is 2. The van der Waals surface area contributed by atoms with Gasteiger partial charge in [0.05, 0.1) is 19.3 Å². The third kappa shape index (κ3) is 7.43. The normalized spacial score (nSPS) is 23.0. The van der Waals surface area contributed by atoms with Crippen LogP contribution in [0.15, 0.2) is 4.99 Å². The second-order valence-corrected chi connectivity index (χ2v) is 6.12. The summed E-state index contributed by atoms with van der Waals surface area (Å²) in [5, 5.41) is 3.39. The van der Waals surface area contributed by atoms with Gasteiger partial charge in [-0.1, -0.05) is 0 Å². The SMILES string of the molecule is CN=C(NCC1CN(C)CCO1)N(C)CCOCC1CC1.I. The lowest BCUT2D eigenvalue weighted by atomic mass is 10.3. The van der Waals surface area contributed by atoms with Gasteiger partial charge in [-0.2, -0.15) is 0 Å². The number of halogens is 1. The zero-order valence-corrected chi connectivity index (χ0v) is 16.4. The lowest BCUT2D eigenvalue weighted by Crippen LogP contribution is -2.49. The average Bonchev–Trinajstić information content (AvgIpc) is 3.28. The van der Waals surface area contributed by atoms with Crippen molar-refractivity contribution in [2.24, 2.45) is 10.9 Å². The number of hydrogen-bond donors (Lipinski definition) is 1. The lowest BCUT2D eigenvalue weighted by Gasteiger charge is -2.31. The number of nitrogens with one attached hydrogen (secondary N) is 1. The number of hydrogen-bond acceptors (Lipinski definition) is 4. The molecule has 1 saturated heterocycles. The highest BCUT2D eigenvalue weighted by molar-refractivity contribution is 14.0. The predicted octanol–water partition coefficient (Wildman–Crippen LogP) is 0.869. The first-order valence-corrected chi connectivity index (χ1v) is 7.98. The Bertz CT molecular complexity index is 340. The molecule has 1 aliphatic heterocycles. The fourth-order valence-corrected chi connectivity index (χ4v) is 2.42. The summed E-state index contributed by atoms with van der Waals surface area (Å²) >= 11 is 0. The molecule has 0 spiro atoms. The molecule has 1 aliphatic carbocycles. The number of aliphatic imine (C=N–C) groups is 1. The summed E-state index contributed by atoms with van der Waals surface area (Å²) in [7, 11) is 6.00. The molecule has 1 atom stereocenters. The number of morpholine rings is 1. The van der Waals surface area contributed by atoms with Gasteiger partial charge < -0.3 is 24.6 Å². The minimum Gasteiger partial charge on any atom is -0.379 e. The van der Waals surface area contributed by atoms with Crippen LogP contribution in [0.25, 0.3) is 0 Å². The second kappa shape index (κ2) is 10.6. The molecule has 1 N–H and O–H groups in total. The number of likely N-dealkylation sites (N-methyl/N-ethyl adjacent to an activating group) is 2. The molecular weight excluding hydrogens is 395 g/mol. The minimum absolute atomic E-state index is 0. The summed E-state index contributed by atoms with van der Waals surface area (Å²) in [5.41, 5.74) is 0. The van der Waals surface area contributed by atoms with Gasteiger partial charge in [0.25, 0.3) is 0 Å². The highest BCUT2D eigenvalue weighted by atomic mass is 127. The van der Waals surface area contributed by atoms with E-state index in [0.717, 1.165) is 57.9 Å². The van der Waals surface area contributed by atoms with E-state index in [1.165, 1.54) is 12.8 Å². The van der Waals surface area contributed by atoms with Gasteiger partial charge >= 0.3 is 0 Å². The molecule has 0 aromatic heterocycles. The summed E-state index contributed by atoms with van der Waals surface area (Å²) < 4.78 is 11.4. The Balaban J connectivity index is 0.00000242. The van der Waals surface area contributed by atoms with Crippen LogP contribution < -0.4 is 5.32 Å². The topological polar surface area (TPSA) is 49.3 Å². The molecule has 130 valence electrons. The molecule has 0 bridgehead atoms. The van der Waals surface area contributed by atoms with Crippen molar-refractivity contribution >= 4 is 29.9 Å². The average molecular weight is 426 g/mol. The highest BCUT2D eigenvalue weighted by Gasteiger charge is 2.21. The number of nitrogens with zero attached hydrogens (tertiary/aromatic N) is 3. The van der Waals surface area contributed by atoms with Crippen molar-refractivity contribution in [3.8, 4) is 0 Å². The van der Waals surface area contributed by atoms with E-state index in [0.29, 0.717) is 0 Å². The molecule has 1 unspecified atom stereocenters. The summed E-state index contributed by atoms with van der Waals surface area (Å²) in [6.07, 6.45) is 2.92. The molecular formula is C15H31IN4O2. The van der Waals surface area contributed by atoms with Crippen molar-refractivity contribution in [3.05, 3.63) is 0 Å². The zero-order chi connectivity index (χ0) is 15.1. The Morgan fingerprint density at radius 3 is 2.86 bits per heavy atom. The van der Waals surface area contributed by atoms with Crippen LogP contribution in [-0.4, -0.2) is 89.0 Å². The molecule has 0 aromatic carbocycles. The van der Waals surface area contributed by atoms with Crippen LogP contribution in [0.1, 0.15) is 12.8 Å². The van der Waals surface area contributed by atoms with Crippen molar-refractivity contribution in [1.29, 1.82) is 0 Å². The van der Waals surface area contributed by atoms with E-state index in [9.17, 15) is 0 Å². The Morgan fingerprint density at radius 1 is 1.45 bits per heavy atom. The summed E-state index contributed by atoms with van der Waals surface area (Å²) in [6.45, 7) is 6.13. The van der Waals surface area contributed by atoms with Crippen LogP contribution in [0.3, 0.4) is 0 Å². The quantitative estimate of drug-likeness (QED) is 0.284. The first-order chi connectivity index (χ1) is 10.2. The largest absolute Gasteiger partial charge is 0.379 e. The molecule has 7 heteroatoms. The first-order valence-electron chi connectivity index (χ1n) is 7.98. The highest BCUT2D eigenvalue weighted by Crippen LogP contribution is 2.28. The third-order valence-electron chi connectivity index (χ3n) is 4.02. The monoisotopic (exact) mass is 426 g/mol. The zero-order valence-electron chi connectivity index (χ0n) is 14.1. The van der Waals surface area contributed by atoms with Gasteiger partial charge in [-0.15, -0.1) is 24.0 Å². The molecule has 1 saturated carbocycles. The molecule has 0 radical (unpaired) electrons. The Labute approximate surface area is 151 Å². The molecule has 2 rings (SSSR count). The van der Waals surface area contributed by atoms with E-state index in [1.807, 2.05) is 14.1 Å². The maximum Gasteiger partial charge on any atom is 0.193 e. The second-order valence-electron chi connectivity index (χ2n) is 6.12. The van der Waals surface area contributed by atoms with Gasteiger partial charge in [0.2, 0.25) is 0 Å².